The van der Waals surface area contributed by atoms with Crippen molar-refractivity contribution in [3.05, 3.63) is 24.0 Å². The minimum atomic E-state index is -0.458. The molecule has 0 aromatic carbocycles. The Morgan fingerprint density at radius 2 is 2.32 bits per heavy atom. The quantitative estimate of drug-likeness (QED) is 0.878. The van der Waals surface area contributed by atoms with Crippen molar-refractivity contribution in [3.8, 4) is 5.75 Å². The summed E-state index contributed by atoms with van der Waals surface area (Å²) in [6.07, 6.45) is 5.12. The van der Waals surface area contributed by atoms with Crippen molar-refractivity contribution in [3.63, 3.8) is 0 Å². The second kappa shape index (κ2) is 5.59. The highest BCUT2D eigenvalue weighted by molar-refractivity contribution is 5.94. The van der Waals surface area contributed by atoms with E-state index in [9.17, 15) is 14.7 Å². The van der Waals surface area contributed by atoms with Gasteiger partial charge in [0, 0.05) is 31.2 Å². The van der Waals surface area contributed by atoms with Gasteiger partial charge in [0.1, 0.15) is 5.75 Å². The number of likely N-dealkylation sites (tertiary alicyclic amines) is 1. The standard InChI is InChI=1S/C16H21N3O3/c1-16-7-4-11(16)6-10-19(16)13(21)5-9-18-15(22)14-12(20)3-2-8-17-14/h2-3,8,11,20H,4-7,9-10H2,1H3,(H,18,22)/t11-,16-/m0/s1. The maximum absolute atomic E-state index is 12.3. The van der Waals surface area contributed by atoms with Crippen LogP contribution >= 0.6 is 0 Å². The summed E-state index contributed by atoms with van der Waals surface area (Å²) in [4.78, 5) is 30.1. The first-order valence-electron chi connectivity index (χ1n) is 7.75. The zero-order valence-corrected chi connectivity index (χ0v) is 12.7. The molecule has 0 unspecified atom stereocenters. The molecule has 22 heavy (non-hydrogen) atoms. The van der Waals surface area contributed by atoms with Crippen LogP contribution < -0.4 is 5.32 Å². The molecule has 2 heterocycles. The van der Waals surface area contributed by atoms with Gasteiger partial charge in [0.2, 0.25) is 5.91 Å². The molecule has 2 amide bonds. The van der Waals surface area contributed by atoms with Crippen LogP contribution in [0, 0.1) is 5.92 Å². The molecule has 2 atom stereocenters. The van der Waals surface area contributed by atoms with Gasteiger partial charge in [0.25, 0.3) is 5.91 Å². The molecule has 2 aliphatic rings. The average molecular weight is 303 g/mol. The lowest BCUT2D eigenvalue weighted by atomic mass is 9.68. The fraction of sp³-hybridized carbons (Fsp3) is 0.562. The topological polar surface area (TPSA) is 82.5 Å². The van der Waals surface area contributed by atoms with Crippen LogP contribution in [0.5, 0.6) is 5.75 Å². The minimum Gasteiger partial charge on any atom is -0.505 e. The first kappa shape index (κ1) is 14.8. The zero-order valence-electron chi connectivity index (χ0n) is 12.7. The lowest BCUT2D eigenvalue weighted by Crippen LogP contribution is -2.54. The largest absolute Gasteiger partial charge is 0.505 e. The van der Waals surface area contributed by atoms with Gasteiger partial charge in [-0.2, -0.15) is 0 Å². The summed E-state index contributed by atoms with van der Waals surface area (Å²) >= 11 is 0. The smallest absolute Gasteiger partial charge is 0.273 e. The van der Waals surface area contributed by atoms with Crippen LogP contribution in [-0.2, 0) is 4.79 Å². The highest BCUT2D eigenvalue weighted by atomic mass is 16.3. The number of carbonyl (C=O) groups is 2. The average Bonchev–Trinajstić information content (AvgIpc) is 2.71. The van der Waals surface area contributed by atoms with Crippen LogP contribution in [-0.4, -0.2) is 45.4 Å². The van der Waals surface area contributed by atoms with Crippen LogP contribution in [0.25, 0.3) is 0 Å². The molecule has 6 heteroatoms. The minimum absolute atomic E-state index is 0.0119. The molecule has 1 aliphatic carbocycles. The van der Waals surface area contributed by atoms with E-state index in [2.05, 4.69) is 17.2 Å². The van der Waals surface area contributed by atoms with Gasteiger partial charge in [0.15, 0.2) is 5.69 Å². The first-order chi connectivity index (χ1) is 10.5. The van der Waals surface area contributed by atoms with E-state index in [1.54, 1.807) is 6.07 Å². The van der Waals surface area contributed by atoms with E-state index in [4.69, 9.17) is 0 Å². The molecule has 1 aliphatic heterocycles. The second-order valence-electron chi connectivity index (χ2n) is 6.30. The van der Waals surface area contributed by atoms with Crippen molar-refractivity contribution in [2.45, 2.75) is 38.1 Å². The zero-order chi connectivity index (χ0) is 15.7. The number of hydrogen-bond acceptors (Lipinski definition) is 4. The van der Waals surface area contributed by atoms with E-state index in [0.29, 0.717) is 5.92 Å². The summed E-state index contributed by atoms with van der Waals surface area (Å²) < 4.78 is 0. The maximum atomic E-state index is 12.3. The molecule has 1 saturated heterocycles. The van der Waals surface area contributed by atoms with Gasteiger partial charge >= 0.3 is 0 Å². The van der Waals surface area contributed by atoms with Gasteiger partial charge in [-0.05, 0) is 44.2 Å². The van der Waals surface area contributed by atoms with E-state index in [0.717, 1.165) is 19.4 Å². The number of carbonyl (C=O) groups excluding carboxylic acids is 2. The predicted molar refractivity (Wildman–Crippen MR) is 80.3 cm³/mol. The summed E-state index contributed by atoms with van der Waals surface area (Å²) in [7, 11) is 0. The summed E-state index contributed by atoms with van der Waals surface area (Å²) in [5, 5.41) is 12.2. The van der Waals surface area contributed by atoms with Crippen molar-refractivity contribution in [1.29, 1.82) is 0 Å². The molecule has 0 radical (unpaired) electrons. The Hall–Kier alpha value is -2.11. The monoisotopic (exact) mass is 303 g/mol. The lowest BCUT2D eigenvalue weighted by molar-refractivity contribution is -0.138. The van der Waals surface area contributed by atoms with E-state index < -0.39 is 5.91 Å². The van der Waals surface area contributed by atoms with Crippen molar-refractivity contribution in [2.75, 3.05) is 13.1 Å². The van der Waals surface area contributed by atoms with Crippen LogP contribution in [0.4, 0.5) is 0 Å². The molecule has 1 aromatic heterocycles. The SMILES string of the molecule is C[C@]12CC[C@H]1CCN2C(=O)CCNC(=O)c1ncccc1O. The Bertz CT molecular complexity index is 604. The Morgan fingerprint density at radius 3 is 2.95 bits per heavy atom. The maximum Gasteiger partial charge on any atom is 0.273 e. The molecule has 118 valence electrons. The second-order valence-corrected chi connectivity index (χ2v) is 6.30. The molecule has 6 nitrogen and oxygen atoms in total. The lowest BCUT2D eigenvalue weighted by Gasteiger charge is -2.47. The molecule has 0 spiro atoms. The van der Waals surface area contributed by atoms with Gasteiger partial charge in [-0.15, -0.1) is 0 Å². The molecule has 1 aromatic rings. The highest BCUT2D eigenvalue weighted by Gasteiger charge is 2.52. The van der Waals surface area contributed by atoms with E-state index in [1.165, 1.54) is 18.7 Å². The van der Waals surface area contributed by atoms with E-state index in [-0.39, 0.29) is 35.9 Å². The fourth-order valence-electron chi connectivity index (χ4n) is 3.60. The van der Waals surface area contributed by atoms with Crippen LogP contribution in [0.3, 0.4) is 0 Å². The van der Waals surface area contributed by atoms with Crippen LogP contribution in [0.2, 0.25) is 0 Å². The van der Waals surface area contributed by atoms with Crippen molar-refractivity contribution in [1.82, 2.24) is 15.2 Å². The molecule has 2 fully saturated rings. The van der Waals surface area contributed by atoms with Crippen molar-refractivity contribution in [2.24, 2.45) is 5.92 Å². The summed E-state index contributed by atoms with van der Waals surface area (Å²) in [5.74, 6) is 0.127. The fourth-order valence-corrected chi connectivity index (χ4v) is 3.60. The number of amides is 2. The van der Waals surface area contributed by atoms with Gasteiger partial charge < -0.3 is 15.3 Å². The number of rotatable bonds is 4. The van der Waals surface area contributed by atoms with Gasteiger partial charge in [-0.25, -0.2) is 4.98 Å². The van der Waals surface area contributed by atoms with Crippen LogP contribution in [0.15, 0.2) is 18.3 Å². The Balaban J connectivity index is 1.50. The number of nitrogens with one attached hydrogen (secondary N) is 1. The molecule has 0 bridgehead atoms. The Kier molecular flexibility index (Phi) is 3.76. The van der Waals surface area contributed by atoms with Gasteiger partial charge in [0.05, 0.1) is 0 Å². The van der Waals surface area contributed by atoms with Gasteiger partial charge in [-0.3, -0.25) is 9.59 Å². The molecular formula is C16H21N3O3. The summed E-state index contributed by atoms with van der Waals surface area (Å²) in [6.45, 7) is 3.25. The Labute approximate surface area is 129 Å². The van der Waals surface area contributed by atoms with E-state index >= 15 is 0 Å². The number of fused-ring (bicyclic) bond motifs is 1. The van der Waals surface area contributed by atoms with Crippen molar-refractivity contribution < 1.29 is 14.7 Å². The Morgan fingerprint density at radius 1 is 1.50 bits per heavy atom. The summed E-state index contributed by atoms with van der Waals surface area (Å²) in [5.41, 5.74) is 0.0301. The number of aromatic hydroxyl groups is 1. The third-order valence-corrected chi connectivity index (χ3v) is 5.12. The van der Waals surface area contributed by atoms with E-state index in [1.807, 2.05) is 4.90 Å². The molecular weight excluding hydrogens is 282 g/mol. The highest BCUT2D eigenvalue weighted by Crippen LogP contribution is 2.49. The molecule has 3 rings (SSSR count). The predicted octanol–water partition coefficient (Wildman–Crippen LogP) is 1.31. The van der Waals surface area contributed by atoms with Gasteiger partial charge in [-0.1, -0.05) is 0 Å². The number of aromatic nitrogens is 1. The van der Waals surface area contributed by atoms with Crippen LogP contribution in [0.1, 0.15) is 43.1 Å². The molecule has 1 saturated carbocycles. The molecule has 2 N–H and O–H groups in total. The number of hydrogen-bond donors (Lipinski definition) is 2. The summed E-state index contributed by atoms with van der Waals surface area (Å²) in [6, 6.07) is 2.97. The third kappa shape index (κ3) is 2.42. The third-order valence-electron chi connectivity index (χ3n) is 5.12. The first-order valence-corrected chi connectivity index (χ1v) is 7.75. The number of nitrogens with zero attached hydrogens (tertiary/aromatic N) is 2. The normalized spacial score (nSPS) is 26.2. The number of pyridine rings is 1. The van der Waals surface area contributed by atoms with Crippen molar-refractivity contribution >= 4 is 11.8 Å².